The maximum Gasteiger partial charge on any atom is 0.244 e. The maximum absolute atomic E-state index is 12.8. The topological polar surface area (TPSA) is 59.1 Å². The summed E-state index contributed by atoms with van der Waals surface area (Å²) in [5.41, 5.74) is 0.850. The van der Waals surface area contributed by atoms with Crippen molar-refractivity contribution in [2.45, 2.75) is 31.7 Å². The lowest BCUT2D eigenvalue weighted by molar-refractivity contribution is -0.143. The lowest BCUT2D eigenvalue weighted by Gasteiger charge is -2.34. The van der Waals surface area contributed by atoms with Gasteiger partial charge in [-0.25, -0.2) is 0 Å². The number of likely N-dealkylation sites (N-methyl/N-ethyl adjacent to an activating group) is 1. The molecule has 144 valence electrons. The number of nitrogens with zero attached hydrogens (tertiary/aromatic N) is 2. The van der Waals surface area contributed by atoms with E-state index in [9.17, 15) is 9.59 Å². The SMILES string of the molecule is COc1ccc(OC)c([C@H]2SCC(=O)N2[C@@H](CC(C)C)C(=O)N(C)C)c1. The number of hydrogen-bond acceptors (Lipinski definition) is 5. The normalized spacial score (nSPS) is 18.2. The van der Waals surface area contributed by atoms with E-state index in [0.717, 1.165) is 5.56 Å². The summed E-state index contributed by atoms with van der Waals surface area (Å²) in [6.07, 6.45) is 0.617. The van der Waals surface area contributed by atoms with Crippen LogP contribution < -0.4 is 9.47 Å². The van der Waals surface area contributed by atoms with Gasteiger partial charge in [-0.1, -0.05) is 13.8 Å². The van der Waals surface area contributed by atoms with Gasteiger partial charge in [0, 0.05) is 19.7 Å². The highest BCUT2D eigenvalue weighted by molar-refractivity contribution is 8.00. The summed E-state index contributed by atoms with van der Waals surface area (Å²) in [4.78, 5) is 28.8. The summed E-state index contributed by atoms with van der Waals surface area (Å²) in [5.74, 6) is 1.94. The van der Waals surface area contributed by atoms with Crippen LogP contribution in [0.15, 0.2) is 18.2 Å². The maximum atomic E-state index is 12.8. The van der Waals surface area contributed by atoms with E-state index < -0.39 is 6.04 Å². The van der Waals surface area contributed by atoms with Crippen LogP contribution in [0.25, 0.3) is 0 Å². The van der Waals surface area contributed by atoms with E-state index in [4.69, 9.17) is 9.47 Å². The van der Waals surface area contributed by atoms with E-state index in [1.165, 1.54) is 11.8 Å². The summed E-state index contributed by atoms with van der Waals surface area (Å²) < 4.78 is 10.9. The predicted octanol–water partition coefficient (Wildman–Crippen LogP) is 2.78. The number of amides is 2. The molecule has 2 atom stereocenters. The van der Waals surface area contributed by atoms with Gasteiger partial charge in [-0.2, -0.15) is 0 Å². The molecule has 0 radical (unpaired) electrons. The van der Waals surface area contributed by atoms with Crippen molar-refractivity contribution in [1.29, 1.82) is 0 Å². The van der Waals surface area contributed by atoms with E-state index in [1.807, 2.05) is 18.2 Å². The first-order chi connectivity index (χ1) is 12.3. The fourth-order valence-corrected chi connectivity index (χ4v) is 4.36. The van der Waals surface area contributed by atoms with Gasteiger partial charge in [-0.3, -0.25) is 9.59 Å². The molecule has 7 heteroatoms. The van der Waals surface area contributed by atoms with Gasteiger partial charge in [-0.05, 0) is 30.5 Å². The van der Waals surface area contributed by atoms with Crippen molar-refractivity contribution >= 4 is 23.6 Å². The highest BCUT2D eigenvalue weighted by Gasteiger charge is 2.42. The molecule has 0 spiro atoms. The van der Waals surface area contributed by atoms with Gasteiger partial charge in [0.25, 0.3) is 0 Å². The first-order valence-electron chi connectivity index (χ1n) is 8.66. The number of hydrogen-bond donors (Lipinski definition) is 0. The minimum absolute atomic E-state index is 0.0225. The smallest absolute Gasteiger partial charge is 0.244 e. The van der Waals surface area contributed by atoms with E-state index in [1.54, 1.807) is 38.1 Å². The van der Waals surface area contributed by atoms with Gasteiger partial charge in [0.2, 0.25) is 11.8 Å². The van der Waals surface area contributed by atoms with Gasteiger partial charge in [-0.15, -0.1) is 11.8 Å². The Morgan fingerprint density at radius 3 is 2.54 bits per heavy atom. The minimum atomic E-state index is -0.492. The molecule has 1 aliphatic heterocycles. The Kier molecular flexibility index (Phi) is 6.81. The second-order valence-corrected chi connectivity index (χ2v) is 8.02. The summed E-state index contributed by atoms with van der Waals surface area (Å²) in [6, 6.07) is 5.05. The molecule has 2 rings (SSSR count). The van der Waals surface area contributed by atoms with Crippen LogP contribution in [0.3, 0.4) is 0 Å². The van der Waals surface area contributed by atoms with Crippen LogP contribution in [-0.2, 0) is 9.59 Å². The molecular formula is C19H28N2O4S. The molecular weight excluding hydrogens is 352 g/mol. The predicted molar refractivity (Wildman–Crippen MR) is 104 cm³/mol. The Hall–Kier alpha value is -1.89. The summed E-state index contributed by atoms with van der Waals surface area (Å²) in [7, 11) is 6.66. The first kappa shape index (κ1) is 20.4. The summed E-state index contributed by atoms with van der Waals surface area (Å²) >= 11 is 1.52. The van der Waals surface area contributed by atoms with Crippen LogP contribution in [0.2, 0.25) is 0 Å². The van der Waals surface area contributed by atoms with Crippen molar-refractivity contribution < 1.29 is 19.1 Å². The Bertz CT molecular complexity index is 663. The zero-order valence-corrected chi connectivity index (χ0v) is 17.1. The van der Waals surface area contributed by atoms with E-state index in [-0.39, 0.29) is 23.1 Å². The second-order valence-electron chi connectivity index (χ2n) is 6.95. The van der Waals surface area contributed by atoms with Crippen LogP contribution in [-0.4, -0.2) is 61.7 Å². The third-order valence-electron chi connectivity index (χ3n) is 4.36. The molecule has 2 amide bonds. The van der Waals surface area contributed by atoms with Crippen LogP contribution >= 0.6 is 11.8 Å². The molecule has 0 saturated carbocycles. The lowest BCUT2D eigenvalue weighted by atomic mass is 10.00. The third kappa shape index (κ3) is 4.26. The molecule has 0 N–H and O–H groups in total. The Labute approximate surface area is 159 Å². The van der Waals surface area contributed by atoms with Gasteiger partial charge >= 0.3 is 0 Å². The number of methoxy groups -OCH3 is 2. The van der Waals surface area contributed by atoms with Crippen molar-refractivity contribution in [3.05, 3.63) is 23.8 Å². The Morgan fingerprint density at radius 2 is 2.00 bits per heavy atom. The highest BCUT2D eigenvalue weighted by atomic mass is 32.2. The average Bonchev–Trinajstić information content (AvgIpc) is 2.99. The summed E-state index contributed by atoms with van der Waals surface area (Å²) in [6.45, 7) is 4.12. The number of rotatable bonds is 7. The van der Waals surface area contributed by atoms with E-state index >= 15 is 0 Å². The van der Waals surface area contributed by atoms with E-state index in [2.05, 4.69) is 13.8 Å². The fraction of sp³-hybridized carbons (Fsp3) is 0.579. The molecule has 0 aliphatic carbocycles. The molecule has 0 bridgehead atoms. The standard InChI is InChI=1S/C19H28N2O4S/c1-12(2)9-15(18(23)20(3)4)21-17(22)11-26-19(21)14-10-13(24-5)7-8-16(14)25-6/h7-8,10,12,15,19H,9,11H2,1-6H3/t15-,19+/m0/s1. The first-order valence-corrected chi connectivity index (χ1v) is 9.70. The Balaban J connectivity index is 2.48. The van der Waals surface area contributed by atoms with Crippen LogP contribution in [0.1, 0.15) is 31.2 Å². The highest BCUT2D eigenvalue weighted by Crippen LogP contribution is 2.45. The average molecular weight is 381 g/mol. The quantitative estimate of drug-likeness (QED) is 0.728. The minimum Gasteiger partial charge on any atom is -0.497 e. The molecule has 1 aromatic rings. The zero-order valence-electron chi connectivity index (χ0n) is 16.3. The van der Waals surface area contributed by atoms with Gasteiger partial charge in [0.1, 0.15) is 22.9 Å². The summed E-state index contributed by atoms with van der Waals surface area (Å²) in [5, 5.41) is -0.278. The van der Waals surface area contributed by atoms with Crippen molar-refractivity contribution in [2.75, 3.05) is 34.1 Å². The molecule has 1 saturated heterocycles. The van der Waals surface area contributed by atoms with Gasteiger partial charge in [0.05, 0.1) is 20.0 Å². The molecule has 1 aromatic carbocycles. The van der Waals surface area contributed by atoms with Crippen molar-refractivity contribution in [2.24, 2.45) is 5.92 Å². The molecule has 1 fully saturated rings. The number of carbonyl (C=O) groups is 2. The van der Waals surface area contributed by atoms with Crippen LogP contribution in [0.4, 0.5) is 0 Å². The van der Waals surface area contributed by atoms with Crippen molar-refractivity contribution in [1.82, 2.24) is 9.80 Å². The monoisotopic (exact) mass is 380 g/mol. The van der Waals surface area contributed by atoms with Crippen molar-refractivity contribution in [3.63, 3.8) is 0 Å². The number of ether oxygens (including phenoxy) is 2. The molecule has 6 nitrogen and oxygen atoms in total. The van der Waals surface area contributed by atoms with Crippen LogP contribution in [0.5, 0.6) is 11.5 Å². The van der Waals surface area contributed by atoms with Crippen molar-refractivity contribution in [3.8, 4) is 11.5 Å². The molecule has 1 aliphatic rings. The second kappa shape index (κ2) is 8.66. The molecule has 1 heterocycles. The number of benzene rings is 1. The zero-order chi connectivity index (χ0) is 19.4. The third-order valence-corrected chi connectivity index (χ3v) is 5.57. The van der Waals surface area contributed by atoms with Gasteiger partial charge in [0.15, 0.2) is 0 Å². The van der Waals surface area contributed by atoms with Crippen LogP contribution in [0, 0.1) is 5.92 Å². The molecule has 26 heavy (non-hydrogen) atoms. The van der Waals surface area contributed by atoms with Gasteiger partial charge < -0.3 is 19.3 Å². The van der Waals surface area contributed by atoms with E-state index in [0.29, 0.717) is 23.7 Å². The largest absolute Gasteiger partial charge is 0.497 e. The molecule has 0 unspecified atom stereocenters. The fourth-order valence-electron chi connectivity index (χ4n) is 3.12. The number of carbonyl (C=O) groups excluding carboxylic acids is 2. The lowest BCUT2D eigenvalue weighted by Crippen LogP contribution is -2.48. The molecule has 0 aromatic heterocycles. The Morgan fingerprint density at radius 1 is 1.31 bits per heavy atom. The number of thioether (sulfide) groups is 1.